The quantitative estimate of drug-likeness (QED) is 0.392. The lowest BCUT2D eigenvalue weighted by Gasteiger charge is -2.26. The number of halogens is 1. The number of amides is 4. The SMILES string of the molecule is CCOc1cc(C=C2C(=O)NC(=O)N(c3ccc(O)cc3)C2=O)ccc1OCc1ccccc1F. The molecule has 0 saturated carbocycles. The van der Waals surface area contributed by atoms with Crippen molar-refractivity contribution in [3.05, 3.63) is 89.2 Å². The van der Waals surface area contributed by atoms with Crippen LogP contribution in [-0.2, 0) is 16.2 Å². The zero-order valence-corrected chi connectivity index (χ0v) is 18.7. The van der Waals surface area contributed by atoms with E-state index in [0.29, 0.717) is 29.2 Å². The first-order chi connectivity index (χ1) is 16.9. The Morgan fingerprint density at radius 1 is 0.971 bits per heavy atom. The molecule has 35 heavy (non-hydrogen) atoms. The summed E-state index contributed by atoms with van der Waals surface area (Å²) in [6.07, 6.45) is 1.33. The number of carbonyl (C=O) groups is 3. The van der Waals surface area contributed by atoms with Crippen molar-refractivity contribution in [2.75, 3.05) is 11.5 Å². The van der Waals surface area contributed by atoms with Crippen LogP contribution in [0.15, 0.2) is 72.3 Å². The Bertz CT molecular complexity index is 1320. The van der Waals surface area contributed by atoms with Gasteiger partial charge in [-0.3, -0.25) is 14.9 Å². The summed E-state index contributed by atoms with van der Waals surface area (Å²) in [5, 5.41) is 11.6. The molecule has 9 heteroatoms. The van der Waals surface area contributed by atoms with E-state index in [9.17, 15) is 23.9 Å². The molecule has 0 aliphatic carbocycles. The predicted molar refractivity (Wildman–Crippen MR) is 125 cm³/mol. The highest BCUT2D eigenvalue weighted by Crippen LogP contribution is 2.31. The van der Waals surface area contributed by atoms with Crippen LogP contribution in [0, 0.1) is 5.82 Å². The molecule has 4 rings (SSSR count). The number of carbonyl (C=O) groups excluding carboxylic acids is 3. The smallest absolute Gasteiger partial charge is 0.335 e. The third-order valence-corrected chi connectivity index (χ3v) is 5.13. The van der Waals surface area contributed by atoms with E-state index in [1.54, 1.807) is 43.3 Å². The molecule has 0 bridgehead atoms. The number of phenols is 1. The summed E-state index contributed by atoms with van der Waals surface area (Å²) >= 11 is 0. The minimum atomic E-state index is -0.894. The van der Waals surface area contributed by atoms with Crippen LogP contribution >= 0.6 is 0 Å². The van der Waals surface area contributed by atoms with Gasteiger partial charge in [-0.1, -0.05) is 24.3 Å². The summed E-state index contributed by atoms with van der Waals surface area (Å²) in [6.45, 7) is 2.08. The van der Waals surface area contributed by atoms with Gasteiger partial charge in [-0.15, -0.1) is 0 Å². The second-order valence-electron chi connectivity index (χ2n) is 7.49. The van der Waals surface area contributed by atoms with E-state index in [-0.39, 0.29) is 29.4 Å². The standard InChI is InChI=1S/C26H21FN2O6/c1-2-34-23-14-16(7-12-22(23)35-15-17-5-3-4-6-21(17)27)13-20-24(31)28-26(33)29(25(20)32)18-8-10-19(30)11-9-18/h3-14,30H,2,15H2,1H3,(H,28,31,33). The Morgan fingerprint density at radius 2 is 1.71 bits per heavy atom. The van der Waals surface area contributed by atoms with Crippen molar-refractivity contribution in [1.82, 2.24) is 5.32 Å². The fourth-order valence-electron chi connectivity index (χ4n) is 3.43. The lowest BCUT2D eigenvalue weighted by molar-refractivity contribution is -0.122. The molecular formula is C26H21FN2O6. The van der Waals surface area contributed by atoms with Crippen LogP contribution in [0.5, 0.6) is 17.2 Å². The van der Waals surface area contributed by atoms with Crippen molar-refractivity contribution in [3.8, 4) is 17.2 Å². The number of phenolic OH excluding ortho intramolecular Hbond substituents is 1. The third kappa shape index (κ3) is 5.14. The number of barbiturate groups is 1. The Labute approximate surface area is 200 Å². The minimum Gasteiger partial charge on any atom is -0.508 e. The van der Waals surface area contributed by atoms with Crippen LogP contribution in [0.3, 0.4) is 0 Å². The average molecular weight is 476 g/mol. The number of nitrogens with zero attached hydrogens (tertiary/aromatic N) is 1. The molecular weight excluding hydrogens is 455 g/mol. The van der Waals surface area contributed by atoms with Crippen molar-refractivity contribution in [2.24, 2.45) is 0 Å². The summed E-state index contributed by atoms with van der Waals surface area (Å²) in [5.74, 6) is -1.38. The third-order valence-electron chi connectivity index (χ3n) is 5.13. The molecule has 1 saturated heterocycles. The van der Waals surface area contributed by atoms with Gasteiger partial charge >= 0.3 is 6.03 Å². The summed E-state index contributed by atoms with van der Waals surface area (Å²) in [7, 11) is 0. The molecule has 0 unspecified atom stereocenters. The number of ether oxygens (including phenoxy) is 2. The fourth-order valence-corrected chi connectivity index (χ4v) is 3.43. The van der Waals surface area contributed by atoms with Crippen molar-refractivity contribution in [3.63, 3.8) is 0 Å². The molecule has 0 spiro atoms. The van der Waals surface area contributed by atoms with Gasteiger partial charge in [0.2, 0.25) is 0 Å². The number of rotatable bonds is 7. The number of benzene rings is 3. The van der Waals surface area contributed by atoms with Crippen molar-refractivity contribution < 1.29 is 33.4 Å². The fraction of sp³-hybridized carbons (Fsp3) is 0.115. The molecule has 4 amide bonds. The highest BCUT2D eigenvalue weighted by molar-refractivity contribution is 6.39. The molecule has 2 N–H and O–H groups in total. The van der Waals surface area contributed by atoms with Gasteiger partial charge < -0.3 is 14.6 Å². The number of anilines is 1. The van der Waals surface area contributed by atoms with Gasteiger partial charge in [0.25, 0.3) is 11.8 Å². The van der Waals surface area contributed by atoms with Gasteiger partial charge in [-0.05, 0) is 61.0 Å². The van der Waals surface area contributed by atoms with Gasteiger partial charge in [0.05, 0.1) is 12.3 Å². The second-order valence-corrected chi connectivity index (χ2v) is 7.49. The van der Waals surface area contributed by atoms with Gasteiger partial charge in [-0.25, -0.2) is 14.1 Å². The molecule has 0 radical (unpaired) electrons. The van der Waals surface area contributed by atoms with E-state index in [0.717, 1.165) is 4.90 Å². The largest absolute Gasteiger partial charge is 0.508 e. The molecule has 1 aliphatic heterocycles. The molecule has 8 nitrogen and oxygen atoms in total. The zero-order valence-electron chi connectivity index (χ0n) is 18.7. The Morgan fingerprint density at radius 3 is 2.43 bits per heavy atom. The zero-order chi connectivity index (χ0) is 24.9. The van der Waals surface area contributed by atoms with Crippen LogP contribution in [0.4, 0.5) is 14.9 Å². The number of aromatic hydroxyl groups is 1. The van der Waals surface area contributed by atoms with Crippen LogP contribution < -0.4 is 19.7 Å². The maximum absolute atomic E-state index is 13.9. The number of imide groups is 2. The van der Waals surface area contributed by atoms with E-state index >= 15 is 0 Å². The summed E-state index contributed by atoms with van der Waals surface area (Å²) in [4.78, 5) is 38.6. The molecule has 3 aromatic carbocycles. The highest BCUT2D eigenvalue weighted by Gasteiger charge is 2.36. The number of hydrogen-bond donors (Lipinski definition) is 2. The predicted octanol–water partition coefficient (Wildman–Crippen LogP) is 4.18. The first kappa shape index (κ1) is 23.5. The first-order valence-electron chi connectivity index (χ1n) is 10.7. The van der Waals surface area contributed by atoms with Gasteiger partial charge in [0, 0.05) is 5.56 Å². The van der Waals surface area contributed by atoms with Crippen LogP contribution in [0.2, 0.25) is 0 Å². The van der Waals surface area contributed by atoms with Crippen molar-refractivity contribution in [2.45, 2.75) is 13.5 Å². The first-order valence-corrected chi connectivity index (χ1v) is 10.7. The summed E-state index contributed by atoms with van der Waals surface area (Å²) < 4.78 is 25.3. The molecule has 3 aromatic rings. The average Bonchev–Trinajstić information content (AvgIpc) is 2.83. The van der Waals surface area contributed by atoms with E-state index < -0.39 is 17.8 Å². The van der Waals surface area contributed by atoms with E-state index in [4.69, 9.17) is 9.47 Å². The van der Waals surface area contributed by atoms with E-state index in [1.807, 2.05) is 0 Å². The second kappa shape index (κ2) is 10.1. The molecule has 178 valence electrons. The van der Waals surface area contributed by atoms with E-state index in [1.165, 1.54) is 36.4 Å². The van der Waals surface area contributed by atoms with Crippen LogP contribution in [-0.4, -0.2) is 29.6 Å². The van der Waals surface area contributed by atoms with Gasteiger partial charge in [-0.2, -0.15) is 0 Å². The molecule has 1 fully saturated rings. The minimum absolute atomic E-state index is 0.0161. The topological polar surface area (TPSA) is 105 Å². The highest BCUT2D eigenvalue weighted by atomic mass is 19.1. The summed E-state index contributed by atoms with van der Waals surface area (Å²) in [6, 6.07) is 15.5. The number of hydrogen-bond acceptors (Lipinski definition) is 6. The molecule has 1 aliphatic rings. The van der Waals surface area contributed by atoms with Crippen LogP contribution in [0.1, 0.15) is 18.1 Å². The maximum Gasteiger partial charge on any atom is 0.335 e. The molecule has 1 heterocycles. The number of urea groups is 1. The number of nitrogens with one attached hydrogen (secondary N) is 1. The van der Waals surface area contributed by atoms with Crippen LogP contribution in [0.25, 0.3) is 6.08 Å². The van der Waals surface area contributed by atoms with Crippen molar-refractivity contribution in [1.29, 1.82) is 0 Å². The maximum atomic E-state index is 13.9. The lowest BCUT2D eigenvalue weighted by atomic mass is 10.1. The summed E-state index contributed by atoms with van der Waals surface area (Å²) in [5.41, 5.74) is 0.755. The van der Waals surface area contributed by atoms with Gasteiger partial charge in [0.1, 0.15) is 23.7 Å². The van der Waals surface area contributed by atoms with E-state index in [2.05, 4.69) is 5.32 Å². The lowest BCUT2D eigenvalue weighted by Crippen LogP contribution is -2.54. The Balaban J connectivity index is 1.61. The van der Waals surface area contributed by atoms with Crippen molar-refractivity contribution >= 4 is 29.6 Å². The Kier molecular flexibility index (Phi) is 6.77. The normalized spacial score (nSPS) is 14.7. The molecule has 0 aromatic heterocycles. The monoisotopic (exact) mass is 476 g/mol. The molecule has 0 atom stereocenters. The Hall–Kier alpha value is -4.66. The van der Waals surface area contributed by atoms with Gasteiger partial charge in [0.15, 0.2) is 11.5 Å².